The molecule has 0 saturated carbocycles. The molecule has 16 heavy (non-hydrogen) atoms. The predicted molar refractivity (Wildman–Crippen MR) is 63.4 cm³/mol. The summed E-state index contributed by atoms with van der Waals surface area (Å²) in [6.45, 7) is 7.66. The molecule has 0 bridgehead atoms. The number of nitrogens with two attached hydrogens (primary N) is 1. The van der Waals surface area contributed by atoms with E-state index < -0.39 is 0 Å². The van der Waals surface area contributed by atoms with Crippen molar-refractivity contribution in [2.24, 2.45) is 11.1 Å². The van der Waals surface area contributed by atoms with Crippen molar-refractivity contribution in [1.29, 1.82) is 0 Å². The summed E-state index contributed by atoms with van der Waals surface area (Å²) in [6, 6.07) is 0. The first-order chi connectivity index (χ1) is 7.85. The van der Waals surface area contributed by atoms with Crippen molar-refractivity contribution >= 4 is 0 Å². The van der Waals surface area contributed by atoms with Crippen LogP contribution in [0.15, 0.2) is 0 Å². The summed E-state index contributed by atoms with van der Waals surface area (Å²) < 4.78 is 10.9. The molecule has 0 aromatic rings. The highest BCUT2D eigenvalue weighted by atomic mass is 16.5. The number of hydrogen-bond donors (Lipinski definition) is 1. The topological polar surface area (TPSA) is 47.7 Å². The first-order valence-electron chi connectivity index (χ1n) is 6.43. The van der Waals surface area contributed by atoms with Gasteiger partial charge in [-0.05, 0) is 31.2 Å². The van der Waals surface area contributed by atoms with Gasteiger partial charge in [0.2, 0.25) is 0 Å². The van der Waals surface area contributed by atoms with Crippen LogP contribution in [0.4, 0.5) is 0 Å². The van der Waals surface area contributed by atoms with Crippen LogP contribution in [0.5, 0.6) is 0 Å². The van der Waals surface area contributed by atoms with Crippen molar-refractivity contribution in [3.63, 3.8) is 0 Å². The average molecular weight is 228 g/mol. The van der Waals surface area contributed by atoms with E-state index in [1.165, 1.54) is 0 Å². The Labute approximate surface area is 98.1 Å². The van der Waals surface area contributed by atoms with Crippen LogP contribution >= 0.6 is 0 Å². The van der Waals surface area contributed by atoms with Gasteiger partial charge >= 0.3 is 0 Å². The van der Waals surface area contributed by atoms with Gasteiger partial charge in [-0.1, -0.05) is 0 Å². The summed E-state index contributed by atoms with van der Waals surface area (Å²) in [7, 11) is 0. The van der Waals surface area contributed by atoms with Crippen LogP contribution in [0, 0.1) is 5.41 Å². The van der Waals surface area contributed by atoms with E-state index in [0.29, 0.717) is 5.41 Å². The molecule has 2 aliphatic rings. The van der Waals surface area contributed by atoms with Crippen molar-refractivity contribution in [1.82, 2.24) is 4.90 Å². The number of nitrogens with zero attached hydrogens (tertiary/aromatic N) is 1. The molecule has 2 heterocycles. The Kier molecular flexibility index (Phi) is 4.58. The van der Waals surface area contributed by atoms with Gasteiger partial charge in [0, 0.05) is 39.5 Å². The molecule has 0 amide bonds. The van der Waals surface area contributed by atoms with Gasteiger partial charge in [0.25, 0.3) is 0 Å². The smallest absolute Gasteiger partial charge is 0.0593 e. The SMILES string of the molecule is NCC1(CN2CCCOCC2)CCOCC1. The monoisotopic (exact) mass is 228 g/mol. The zero-order valence-corrected chi connectivity index (χ0v) is 10.1. The van der Waals surface area contributed by atoms with Crippen LogP contribution in [0.25, 0.3) is 0 Å². The molecular formula is C12H24N2O2. The summed E-state index contributed by atoms with van der Waals surface area (Å²) in [4.78, 5) is 2.52. The molecule has 2 saturated heterocycles. The van der Waals surface area contributed by atoms with Crippen molar-refractivity contribution < 1.29 is 9.47 Å². The van der Waals surface area contributed by atoms with E-state index >= 15 is 0 Å². The Balaban J connectivity index is 1.88. The van der Waals surface area contributed by atoms with Gasteiger partial charge in [0.15, 0.2) is 0 Å². The molecular weight excluding hydrogens is 204 g/mol. The lowest BCUT2D eigenvalue weighted by molar-refractivity contribution is -0.000358. The van der Waals surface area contributed by atoms with E-state index in [1.54, 1.807) is 0 Å². The lowest BCUT2D eigenvalue weighted by atomic mass is 9.79. The molecule has 0 aromatic carbocycles. The molecule has 4 nitrogen and oxygen atoms in total. The molecule has 4 heteroatoms. The van der Waals surface area contributed by atoms with Crippen LogP contribution in [0.2, 0.25) is 0 Å². The van der Waals surface area contributed by atoms with Gasteiger partial charge < -0.3 is 20.1 Å². The van der Waals surface area contributed by atoms with E-state index in [9.17, 15) is 0 Å². The van der Waals surface area contributed by atoms with Crippen LogP contribution in [-0.2, 0) is 9.47 Å². The van der Waals surface area contributed by atoms with Crippen molar-refractivity contribution in [2.75, 3.05) is 52.6 Å². The molecule has 2 rings (SSSR count). The largest absolute Gasteiger partial charge is 0.381 e. The standard InChI is InChI=1S/C12H24N2O2/c13-10-12(2-7-16-8-3-12)11-14-4-1-6-15-9-5-14/h1-11,13H2. The highest BCUT2D eigenvalue weighted by molar-refractivity contribution is 4.86. The first-order valence-corrected chi connectivity index (χ1v) is 6.43. The molecule has 2 fully saturated rings. The van der Waals surface area contributed by atoms with Crippen molar-refractivity contribution in [3.8, 4) is 0 Å². The van der Waals surface area contributed by atoms with Crippen molar-refractivity contribution in [2.45, 2.75) is 19.3 Å². The van der Waals surface area contributed by atoms with E-state index in [0.717, 1.165) is 71.9 Å². The molecule has 2 aliphatic heterocycles. The summed E-state index contributed by atoms with van der Waals surface area (Å²) in [6.07, 6.45) is 3.37. The number of rotatable bonds is 3. The third-order valence-electron chi connectivity index (χ3n) is 3.86. The second-order valence-corrected chi connectivity index (χ2v) is 5.06. The van der Waals surface area contributed by atoms with Crippen LogP contribution in [-0.4, -0.2) is 57.5 Å². The van der Waals surface area contributed by atoms with Gasteiger partial charge in [-0.3, -0.25) is 0 Å². The van der Waals surface area contributed by atoms with Crippen LogP contribution in [0.3, 0.4) is 0 Å². The van der Waals surface area contributed by atoms with Gasteiger partial charge in [-0.25, -0.2) is 0 Å². The van der Waals surface area contributed by atoms with Crippen LogP contribution in [0.1, 0.15) is 19.3 Å². The maximum absolute atomic E-state index is 5.98. The third-order valence-corrected chi connectivity index (χ3v) is 3.86. The van der Waals surface area contributed by atoms with E-state index in [-0.39, 0.29) is 0 Å². The fraction of sp³-hybridized carbons (Fsp3) is 1.00. The maximum atomic E-state index is 5.98. The highest BCUT2D eigenvalue weighted by Crippen LogP contribution is 2.30. The molecule has 0 atom stereocenters. The maximum Gasteiger partial charge on any atom is 0.0593 e. The average Bonchev–Trinajstić information content (AvgIpc) is 2.59. The zero-order valence-electron chi connectivity index (χ0n) is 10.1. The Bertz CT molecular complexity index is 197. The fourth-order valence-electron chi connectivity index (χ4n) is 2.66. The summed E-state index contributed by atoms with van der Waals surface area (Å²) in [5, 5.41) is 0. The molecule has 0 aromatic heterocycles. The molecule has 0 spiro atoms. The third kappa shape index (κ3) is 3.17. The normalized spacial score (nSPS) is 27.6. The van der Waals surface area contributed by atoms with E-state index in [4.69, 9.17) is 15.2 Å². The predicted octanol–water partition coefficient (Wildman–Crippen LogP) is 0.464. The van der Waals surface area contributed by atoms with Crippen molar-refractivity contribution in [3.05, 3.63) is 0 Å². The Morgan fingerprint density at radius 2 is 1.75 bits per heavy atom. The van der Waals surface area contributed by atoms with Crippen LogP contribution < -0.4 is 5.73 Å². The minimum Gasteiger partial charge on any atom is -0.381 e. The Morgan fingerprint density at radius 1 is 1.00 bits per heavy atom. The van der Waals surface area contributed by atoms with Gasteiger partial charge in [0.1, 0.15) is 0 Å². The molecule has 0 radical (unpaired) electrons. The lowest BCUT2D eigenvalue weighted by Gasteiger charge is -2.39. The first kappa shape index (κ1) is 12.3. The Hall–Kier alpha value is -0.160. The lowest BCUT2D eigenvalue weighted by Crippen LogP contribution is -2.46. The summed E-state index contributed by atoms with van der Waals surface area (Å²) in [5.74, 6) is 0. The van der Waals surface area contributed by atoms with Gasteiger partial charge in [-0.2, -0.15) is 0 Å². The van der Waals surface area contributed by atoms with E-state index in [2.05, 4.69) is 4.90 Å². The van der Waals surface area contributed by atoms with Gasteiger partial charge in [-0.15, -0.1) is 0 Å². The highest BCUT2D eigenvalue weighted by Gasteiger charge is 2.33. The number of ether oxygens (including phenoxy) is 2. The molecule has 2 N–H and O–H groups in total. The molecule has 0 aliphatic carbocycles. The Morgan fingerprint density at radius 3 is 2.50 bits per heavy atom. The molecule has 94 valence electrons. The second-order valence-electron chi connectivity index (χ2n) is 5.06. The fourth-order valence-corrected chi connectivity index (χ4v) is 2.66. The van der Waals surface area contributed by atoms with Gasteiger partial charge in [0.05, 0.1) is 6.61 Å². The minimum atomic E-state index is 0.294. The molecule has 0 unspecified atom stereocenters. The minimum absolute atomic E-state index is 0.294. The quantitative estimate of drug-likeness (QED) is 0.762. The zero-order chi connectivity index (χ0) is 11.3. The summed E-state index contributed by atoms with van der Waals surface area (Å²) in [5.41, 5.74) is 6.28. The summed E-state index contributed by atoms with van der Waals surface area (Å²) >= 11 is 0. The second kappa shape index (κ2) is 5.96. The number of hydrogen-bond acceptors (Lipinski definition) is 4. The van der Waals surface area contributed by atoms with E-state index in [1.807, 2.05) is 0 Å².